The van der Waals surface area contributed by atoms with Gasteiger partial charge in [-0.25, -0.2) is 4.39 Å². The normalized spacial score (nSPS) is 12.9. The van der Waals surface area contributed by atoms with E-state index in [-0.39, 0.29) is 11.9 Å². The highest BCUT2D eigenvalue weighted by Crippen LogP contribution is 2.14. The number of hydrogen-bond acceptors (Lipinski definition) is 2. The van der Waals surface area contributed by atoms with E-state index in [0.717, 1.165) is 18.5 Å². The Hall–Kier alpha value is -0.960. The molecule has 72 valence electrons. The van der Waals surface area contributed by atoms with Crippen LogP contribution in [0, 0.1) is 12.7 Å². The molecule has 0 bridgehead atoms. The van der Waals surface area contributed by atoms with Gasteiger partial charge < -0.3 is 5.73 Å². The minimum atomic E-state index is -0.271. The zero-order chi connectivity index (χ0) is 9.84. The first-order valence-corrected chi connectivity index (χ1v) is 4.53. The highest BCUT2D eigenvalue weighted by Gasteiger charge is 2.07. The number of aromatic nitrogens is 1. The summed E-state index contributed by atoms with van der Waals surface area (Å²) >= 11 is 0. The van der Waals surface area contributed by atoms with Crippen LogP contribution in [0.4, 0.5) is 4.39 Å². The predicted molar refractivity (Wildman–Crippen MR) is 50.8 cm³/mol. The van der Waals surface area contributed by atoms with Gasteiger partial charge in [0.25, 0.3) is 0 Å². The van der Waals surface area contributed by atoms with Crippen LogP contribution in [-0.2, 0) is 0 Å². The van der Waals surface area contributed by atoms with Crippen LogP contribution in [0.3, 0.4) is 0 Å². The number of pyridine rings is 1. The largest absolute Gasteiger partial charge is 0.323 e. The van der Waals surface area contributed by atoms with Crippen molar-refractivity contribution < 1.29 is 4.39 Å². The highest BCUT2D eigenvalue weighted by atomic mass is 19.1. The zero-order valence-corrected chi connectivity index (χ0v) is 8.05. The predicted octanol–water partition coefficient (Wildman–Crippen LogP) is 2.33. The number of nitrogens with zero attached hydrogens (tertiary/aromatic N) is 1. The van der Waals surface area contributed by atoms with Gasteiger partial charge in [-0.2, -0.15) is 0 Å². The summed E-state index contributed by atoms with van der Waals surface area (Å²) < 4.78 is 12.8. The van der Waals surface area contributed by atoms with Crippen LogP contribution in [0.25, 0.3) is 0 Å². The lowest BCUT2D eigenvalue weighted by molar-refractivity contribution is 0.587. The van der Waals surface area contributed by atoms with Gasteiger partial charge in [0.05, 0.1) is 11.4 Å². The van der Waals surface area contributed by atoms with E-state index in [2.05, 4.69) is 11.9 Å². The molecule has 0 radical (unpaired) electrons. The van der Waals surface area contributed by atoms with Crippen LogP contribution < -0.4 is 5.73 Å². The third-order valence-electron chi connectivity index (χ3n) is 2.02. The van der Waals surface area contributed by atoms with Crippen molar-refractivity contribution in [3.8, 4) is 0 Å². The van der Waals surface area contributed by atoms with E-state index in [0.29, 0.717) is 5.69 Å². The lowest BCUT2D eigenvalue weighted by atomic mass is 10.1. The van der Waals surface area contributed by atoms with E-state index < -0.39 is 0 Å². The SMILES string of the molecule is CCC[C@@H](N)c1ccc(F)c(C)n1. The standard InChI is InChI=1S/C10H15FN2/c1-3-4-9(12)10-6-5-8(11)7(2)13-10/h5-6,9H,3-4,12H2,1-2H3/t9-/m1/s1. The van der Waals surface area contributed by atoms with Crippen LogP contribution in [0.5, 0.6) is 0 Å². The molecule has 2 N–H and O–H groups in total. The van der Waals surface area contributed by atoms with Crippen molar-refractivity contribution in [2.45, 2.75) is 32.7 Å². The molecule has 2 nitrogen and oxygen atoms in total. The van der Waals surface area contributed by atoms with Crippen molar-refractivity contribution in [2.24, 2.45) is 5.73 Å². The molecule has 1 rings (SSSR count). The van der Waals surface area contributed by atoms with E-state index >= 15 is 0 Å². The maximum atomic E-state index is 12.8. The highest BCUT2D eigenvalue weighted by molar-refractivity contribution is 5.14. The summed E-state index contributed by atoms with van der Waals surface area (Å²) in [4.78, 5) is 4.09. The van der Waals surface area contributed by atoms with Gasteiger partial charge in [-0.05, 0) is 25.5 Å². The number of halogens is 1. The molecule has 1 heterocycles. The van der Waals surface area contributed by atoms with Gasteiger partial charge in [-0.1, -0.05) is 13.3 Å². The summed E-state index contributed by atoms with van der Waals surface area (Å²) in [5.74, 6) is -0.271. The molecule has 1 aromatic rings. The summed E-state index contributed by atoms with van der Waals surface area (Å²) in [5, 5.41) is 0. The van der Waals surface area contributed by atoms with Crippen molar-refractivity contribution >= 4 is 0 Å². The first-order chi connectivity index (χ1) is 6.15. The van der Waals surface area contributed by atoms with Crippen LogP contribution in [0.1, 0.15) is 37.2 Å². The number of aryl methyl sites for hydroxylation is 1. The Morgan fingerprint density at radius 1 is 1.54 bits per heavy atom. The molecule has 1 atom stereocenters. The van der Waals surface area contributed by atoms with Crippen molar-refractivity contribution in [2.75, 3.05) is 0 Å². The average molecular weight is 182 g/mol. The molecule has 0 aliphatic carbocycles. The third kappa shape index (κ3) is 2.49. The Labute approximate surface area is 78.0 Å². The lowest BCUT2D eigenvalue weighted by Gasteiger charge is -2.10. The molecule has 1 aromatic heterocycles. The van der Waals surface area contributed by atoms with Gasteiger partial charge >= 0.3 is 0 Å². The fourth-order valence-corrected chi connectivity index (χ4v) is 1.23. The van der Waals surface area contributed by atoms with Crippen molar-refractivity contribution in [3.05, 3.63) is 29.3 Å². The topological polar surface area (TPSA) is 38.9 Å². The molecule has 0 aliphatic heterocycles. The van der Waals surface area contributed by atoms with Gasteiger partial charge in [0.1, 0.15) is 5.82 Å². The molecule has 0 saturated carbocycles. The van der Waals surface area contributed by atoms with E-state index in [1.54, 1.807) is 13.0 Å². The molecule has 3 heteroatoms. The second-order valence-electron chi connectivity index (χ2n) is 3.20. The molecule has 0 unspecified atom stereocenters. The smallest absolute Gasteiger partial charge is 0.144 e. The Morgan fingerprint density at radius 2 is 2.23 bits per heavy atom. The summed E-state index contributed by atoms with van der Waals surface area (Å²) in [6.45, 7) is 3.72. The van der Waals surface area contributed by atoms with Crippen LogP contribution in [0.15, 0.2) is 12.1 Å². The molecule has 0 aliphatic rings. The molecule has 0 aromatic carbocycles. The Kier molecular flexibility index (Phi) is 3.37. The van der Waals surface area contributed by atoms with E-state index in [9.17, 15) is 4.39 Å². The Morgan fingerprint density at radius 3 is 2.77 bits per heavy atom. The minimum Gasteiger partial charge on any atom is -0.323 e. The fourth-order valence-electron chi connectivity index (χ4n) is 1.23. The maximum Gasteiger partial charge on any atom is 0.144 e. The number of hydrogen-bond donors (Lipinski definition) is 1. The molecular formula is C10H15FN2. The monoisotopic (exact) mass is 182 g/mol. The van der Waals surface area contributed by atoms with Crippen LogP contribution >= 0.6 is 0 Å². The van der Waals surface area contributed by atoms with E-state index in [1.807, 2.05) is 0 Å². The summed E-state index contributed by atoms with van der Waals surface area (Å²) in [6, 6.07) is 3.01. The van der Waals surface area contributed by atoms with Gasteiger partial charge in [-0.3, -0.25) is 4.98 Å². The van der Waals surface area contributed by atoms with Gasteiger partial charge in [0.15, 0.2) is 0 Å². The second kappa shape index (κ2) is 4.33. The molecule has 0 amide bonds. The molecule has 0 saturated heterocycles. The summed E-state index contributed by atoms with van der Waals surface area (Å²) in [6.07, 6.45) is 1.90. The third-order valence-corrected chi connectivity index (χ3v) is 2.02. The molecule has 0 spiro atoms. The summed E-state index contributed by atoms with van der Waals surface area (Å²) in [5.41, 5.74) is 7.04. The quantitative estimate of drug-likeness (QED) is 0.779. The first-order valence-electron chi connectivity index (χ1n) is 4.53. The molecule has 13 heavy (non-hydrogen) atoms. The maximum absolute atomic E-state index is 12.8. The molecular weight excluding hydrogens is 167 g/mol. The minimum absolute atomic E-state index is 0.0655. The van der Waals surface area contributed by atoms with Crippen LogP contribution in [-0.4, -0.2) is 4.98 Å². The van der Waals surface area contributed by atoms with E-state index in [4.69, 9.17) is 5.73 Å². The Bertz CT molecular complexity index is 286. The van der Waals surface area contributed by atoms with Crippen molar-refractivity contribution in [1.82, 2.24) is 4.98 Å². The van der Waals surface area contributed by atoms with Crippen molar-refractivity contribution in [1.29, 1.82) is 0 Å². The number of rotatable bonds is 3. The fraction of sp³-hybridized carbons (Fsp3) is 0.500. The van der Waals surface area contributed by atoms with E-state index in [1.165, 1.54) is 6.07 Å². The average Bonchev–Trinajstić information content (AvgIpc) is 2.10. The first kappa shape index (κ1) is 10.1. The second-order valence-corrected chi connectivity index (χ2v) is 3.20. The lowest BCUT2D eigenvalue weighted by Crippen LogP contribution is -2.12. The Balaban J connectivity index is 2.84. The van der Waals surface area contributed by atoms with Gasteiger partial charge in [0.2, 0.25) is 0 Å². The van der Waals surface area contributed by atoms with Crippen LogP contribution in [0.2, 0.25) is 0 Å². The summed E-state index contributed by atoms with van der Waals surface area (Å²) in [7, 11) is 0. The van der Waals surface area contributed by atoms with Gasteiger partial charge in [-0.15, -0.1) is 0 Å². The number of nitrogens with two attached hydrogens (primary N) is 1. The molecule has 0 fully saturated rings. The van der Waals surface area contributed by atoms with Crippen molar-refractivity contribution in [3.63, 3.8) is 0 Å². The van der Waals surface area contributed by atoms with Gasteiger partial charge in [0, 0.05) is 6.04 Å². The zero-order valence-electron chi connectivity index (χ0n) is 8.05.